The second-order valence-corrected chi connectivity index (χ2v) is 8.36. The average molecular weight is 388 g/mol. The van der Waals surface area contributed by atoms with Crippen LogP contribution in [0.25, 0.3) is 10.9 Å². The summed E-state index contributed by atoms with van der Waals surface area (Å²) in [5, 5.41) is 0.968. The van der Waals surface area contributed by atoms with Crippen molar-refractivity contribution in [1.29, 1.82) is 0 Å². The average Bonchev–Trinajstić information content (AvgIpc) is 2.69. The number of anilines is 1. The minimum absolute atomic E-state index is 0.117. The molecule has 2 heterocycles. The van der Waals surface area contributed by atoms with Crippen molar-refractivity contribution in [2.75, 3.05) is 31.1 Å². The van der Waals surface area contributed by atoms with Crippen molar-refractivity contribution in [2.24, 2.45) is 0 Å². The van der Waals surface area contributed by atoms with Gasteiger partial charge in [-0.25, -0.2) is 0 Å². The standard InChI is InChI=1S/C25H29N3O/c1-16-6-7-18(3)23(14-16)27-8-10-28(11-9-27)25(29)22-15-20(5)26-24-19(4)12-17(2)13-21(22)24/h6-7,12-15H,8-11H2,1-5H3. The van der Waals surface area contributed by atoms with Gasteiger partial charge in [0.2, 0.25) is 0 Å². The van der Waals surface area contributed by atoms with Gasteiger partial charge in [0.25, 0.3) is 5.91 Å². The Kier molecular flexibility index (Phi) is 5.03. The van der Waals surface area contributed by atoms with Crippen molar-refractivity contribution in [3.05, 3.63) is 69.9 Å². The molecule has 1 fully saturated rings. The Balaban J connectivity index is 1.60. The number of nitrogens with zero attached hydrogens (tertiary/aromatic N) is 3. The highest BCUT2D eigenvalue weighted by molar-refractivity contribution is 6.07. The fourth-order valence-electron chi connectivity index (χ4n) is 4.37. The first-order chi connectivity index (χ1) is 13.8. The van der Waals surface area contributed by atoms with E-state index in [2.05, 4.69) is 62.9 Å². The maximum atomic E-state index is 13.4. The Morgan fingerprint density at radius 3 is 2.28 bits per heavy atom. The molecule has 2 aromatic carbocycles. The van der Waals surface area contributed by atoms with E-state index in [0.717, 1.165) is 59.5 Å². The summed E-state index contributed by atoms with van der Waals surface area (Å²) in [6, 6.07) is 12.7. The quantitative estimate of drug-likeness (QED) is 0.637. The van der Waals surface area contributed by atoms with Crippen LogP contribution in [0.15, 0.2) is 36.4 Å². The van der Waals surface area contributed by atoms with Crippen molar-refractivity contribution < 1.29 is 4.79 Å². The van der Waals surface area contributed by atoms with Crippen molar-refractivity contribution >= 4 is 22.5 Å². The highest BCUT2D eigenvalue weighted by atomic mass is 16.2. The maximum absolute atomic E-state index is 13.4. The summed E-state index contributed by atoms with van der Waals surface area (Å²) in [5.41, 5.74) is 8.74. The van der Waals surface area contributed by atoms with Crippen molar-refractivity contribution in [1.82, 2.24) is 9.88 Å². The lowest BCUT2D eigenvalue weighted by Gasteiger charge is -2.37. The summed E-state index contributed by atoms with van der Waals surface area (Å²) in [5.74, 6) is 0.117. The number of hydrogen-bond donors (Lipinski definition) is 0. The van der Waals surface area contributed by atoms with Gasteiger partial charge < -0.3 is 9.80 Å². The minimum atomic E-state index is 0.117. The molecule has 0 spiro atoms. The molecule has 0 N–H and O–H groups in total. The molecule has 0 saturated carbocycles. The molecular formula is C25H29N3O. The number of piperazine rings is 1. The third-order valence-corrected chi connectivity index (χ3v) is 5.88. The van der Waals surface area contributed by atoms with E-state index in [1.54, 1.807) is 0 Å². The lowest BCUT2D eigenvalue weighted by molar-refractivity contribution is 0.0748. The molecule has 1 amide bonds. The lowest BCUT2D eigenvalue weighted by Crippen LogP contribution is -2.49. The third-order valence-electron chi connectivity index (χ3n) is 5.88. The number of amides is 1. The van der Waals surface area contributed by atoms with Crippen LogP contribution in [0, 0.1) is 34.6 Å². The zero-order chi connectivity index (χ0) is 20.7. The molecule has 1 saturated heterocycles. The lowest BCUT2D eigenvalue weighted by atomic mass is 10.0. The molecule has 1 aromatic heterocycles. The highest BCUT2D eigenvalue weighted by Gasteiger charge is 2.25. The molecule has 4 rings (SSSR count). The van der Waals surface area contributed by atoms with Gasteiger partial charge in [-0.05, 0) is 69.5 Å². The Labute approximate surface area is 173 Å². The van der Waals surface area contributed by atoms with Crippen LogP contribution in [-0.4, -0.2) is 42.0 Å². The SMILES string of the molecule is Cc1ccc(C)c(N2CCN(C(=O)c3cc(C)nc4c(C)cc(C)cc34)CC2)c1. The second-order valence-electron chi connectivity index (χ2n) is 8.36. The predicted octanol–water partition coefficient (Wildman–Crippen LogP) is 4.74. The van der Waals surface area contributed by atoms with Gasteiger partial charge >= 0.3 is 0 Å². The van der Waals surface area contributed by atoms with E-state index in [4.69, 9.17) is 4.98 Å². The highest BCUT2D eigenvalue weighted by Crippen LogP contribution is 2.26. The van der Waals surface area contributed by atoms with Gasteiger partial charge in [0.1, 0.15) is 0 Å². The maximum Gasteiger partial charge on any atom is 0.254 e. The molecular weight excluding hydrogens is 358 g/mol. The fourth-order valence-corrected chi connectivity index (χ4v) is 4.37. The van der Waals surface area contributed by atoms with Crippen molar-refractivity contribution in [3.63, 3.8) is 0 Å². The summed E-state index contributed by atoms with van der Waals surface area (Å²) in [4.78, 5) is 22.5. The first-order valence-corrected chi connectivity index (χ1v) is 10.3. The van der Waals surface area contributed by atoms with Gasteiger partial charge in [0.15, 0.2) is 0 Å². The number of carbonyl (C=O) groups is 1. The molecule has 3 aromatic rings. The van der Waals surface area contributed by atoms with Crippen LogP contribution >= 0.6 is 0 Å². The van der Waals surface area contributed by atoms with Gasteiger partial charge in [0.05, 0.1) is 11.1 Å². The van der Waals surface area contributed by atoms with Crippen molar-refractivity contribution in [2.45, 2.75) is 34.6 Å². The number of hydrogen-bond acceptors (Lipinski definition) is 3. The Morgan fingerprint density at radius 2 is 1.55 bits per heavy atom. The summed E-state index contributed by atoms with van der Waals surface area (Å²) < 4.78 is 0. The number of carbonyl (C=O) groups excluding carboxylic acids is 1. The molecule has 1 aliphatic heterocycles. The topological polar surface area (TPSA) is 36.4 Å². The summed E-state index contributed by atoms with van der Waals surface area (Å²) in [7, 11) is 0. The normalized spacial score (nSPS) is 14.5. The summed E-state index contributed by atoms with van der Waals surface area (Å²) in [6.07, 6.45) is 0. The predicted molar refractivity (Wildman–Crippen MR) is 120 cm³/mol. The molecule has 0 unspecified atom stereocenters. The summed E-state index contributed by atoms with van der Waals surface area (Å²) >= 11 is 0. The van der Waals surface area contributed by atoms with E-state index in [1.165, 1.54) is 16.8 Å². The third kappa shape index (κ3) is 3.71. The van der Waals surface area contributed by atoms with E-state index in [-0.39, 0.29) is 5.91 Å². The molecule has 0 radical (unpaired) electrons. The molecule has 0 bridgehead atoms. The largest absolute Gasteiger partial charge is 0.368 e. The van der Waals surface area contributed by atoms with Crippen LogP contribution in [0.2, 0.25) is 0 Å². The monoisotopic (exact) mass is 387 g/mol. The van der Waals surface area contributed by atoms with Crippen LogP contribution in [0.1, 0.15) is 38.3 Å². The van der Waals surface area contributed by atoms with Crippen LogP contribution in [0.3, 0.4) is 0 Å². The first kappa shape index (κ1) is 19.4. The Hall–Kier alpha value is -2.88. The second kappa shape index (κ2) is 7.51. The molecule has 4 nitrogen and oxygen atoms in total. The molecule has 29 heavy (non-hydrogen) atoms. The van der Waals surface area contributed by atoms with Gasteiger partial charge in [-0.3, -0.25) is 9.78 Å². The van der Waals surface area contributed by atoms with E-state index in [0.29, 0.717) is 0 Å². The number of aromatic nitrogens is 1. The van der Waals surface area contributed by atoms with Gasteiger partial charge in [-0.1, -0.05) is 23.8 Å². The number of pyridine rings is 1. The number of benzene rings is 2. The first-order valence-electron chi connectivity index (χ1n) is 10.3. The number of aryl methyl sites for hydroxylation is 5. The molecule has 4 heteroatoms. The van der Waals surface area contributed by atoms with Crippen molar-refractivity contribution in [3.8, 4) is 0 Å². The fraction of sp³-hybridized carbons (Fsp3) is 0.360. The number of fused-ring (bicyclic) bond motifs is 1. The molecule has 1 aliphatic rings. The Morgan fingerprint density at radius 1 is 0.828 bits per heavy atom. The molecule has 0 atom stereocenters. The zero-order valence-electron chi connectivity index (χ0n) is 18.0. The molecule has 0 aliphatic carbocycles. The summed E-state index contributed by atoms with van der Waals surface area (Å²) in [6.45, 7) is 13.6. The van der Waals surface area contributed by atoms with Crippen LogP contribution in [0.5, 0.6) is 0 Å². The molecule has 150 valence electrons. The van der Waals surface area contributed by atoms with E-state index in [9.17, 15) is 4.79 Å². The van der Waals surface area contributed by atoms with Crippen LogP contribution in [-0.2, 0) is 0 Å². The van der Waals surface area contributed by atoms with Gasteiger partial charge in [-0.15, -0.1) is 0 Å². The van der Waals surface area contributed by atoms with E-state index >= 15 is 0 Å². The minimum Gasteiger partial charge on any atom is -0.368 e. The van der Waals surface area contributed by atoms with Crippen LogP contribution in [0.4, 0.5) is 5.69 Å². The zero-order valence-corrected chi connectivity index (χ0v) is 18.0. The number of rotatable bonds is 2. The van der Waals surface area contributed by atoms with Gasteiger partial charge in [-0.2, -0.15) is 0 Å². The van der Waals surface area contributed by atoms with Crippen LogP contribution < -0.4 is 4.90 Å². The van der Waals surface area contributed by atoms with Gasteiger partial charge in [0, 0.05) is 42.9 Å². The Bertz CT molecular complexity index is 1090. The van der Waals surface area contributed by atoms with E-state index < -0.39 is 0 Å². The van der Waals surface area contributed by atoms with E-state index in [1.807, 2.05) is 17.9 Å². The smallest absolute Gasteiger partial charge is 0.254 e.